The molecule has 0 aliphatic heterocycles. The van der Waals surface area contributed by atoms with Crippen LogP contribution in [0, 0.1) is 5.92 Å². The summed E-state index contributed by atoms with van der Waals surface area (Å²) in [5.41, 5.74) is 2.27. The number of alkyl halides is 1. The average molecular weight is 307 g/mol. The molecule has 0 saturated heterocycles. The van der Waals surface area contributed by atoms with Crippen molar-refractivity contribution in [2.75, 3.05) is 0 Å². The lowest BCUT2D eigenvalue weighted by atomic mass is 10.0. The summed E-state index contributed by atoms with van der Waals surface area (Å²) in [6, 6.07) is 8.32. The molecule has 2 nitrogen and oxygen atoms in total. The second-order valence-electron chi connectivity index (χ2n) is 6.32. The number of aromatic nitrogens is 2. The molecular weight excluding hydrogens is 280 g/mol. The lowest BCUT2D eigenvalue weighted by Gasteiger charge is -2.10. The molecule has 1 unspecified atom stereocenters. The Balaban J connectivity index is 1.96. The Kier molecular flexibility index (Phi) is 6.10. The Bertz CT molecular complexity index is 557. The molecule has 1 aromatic carbocycles. The number of nitrogens with zero attached hydrogens (tertiary/aromatic N) is 2. The minimum atomic E-state index is -0.0432. The van der Waals surface area contributed by atoms with Crippen molar-refractivity contribution in [1.82, 2.24) is 9.55 Å². The van der Waals surface area contributed by atoms with E-state index >= 15 is 0 Å². The number of aryl methyl sites for hydroxylation is 1. The van der Waals surface area contributed by atoms with Crippen LogP contribution in [-0.2, 0) is 6.54 Å². The van der Waals surface area contributed by atoms with Crippen LogP contribution in [0.4, 0.5) is 0 Å². The molecule has 0 amide bonds. The van der Waals surface area contributed by atoms with Crippen molar-refractivity contribution in [2.24, 2.45) is 5.92 Å². The van der Waals surface area contributed by atoms with Crippen LogP contribution in [0.3, 0.4) is 0 Å². The SMILES string of the molecule is CC(C)CCCCCCn1c(C(C)Cl)nc2ccccc21. The van der Waals surface area contributed by atoms with Gasteiger partial charge in [-0.05, 0) is 31.4 Å². The van der Waals surface area contributed by atoms with Crippen LogP contribution in [0.15, 0.2) is 24.3 Å². The van der Waals surface area contributed by atoms with Gasteiger partial charge in [0.05, 0.1) is 16.4 Å². The quantitative estimate of drug-likeness (QED) is 0.436. The van der Waals surface area contributed by atoms with Crippen LogP contribution in [0.2, 0.25) is 0 Å². The normalized spacial score (nSPS) is 13.2. The van der Waals surface area contributed by atoms with Gasteiger partial charge in [0, 0.05) is 6.54 Å². The molecule has 0 N–H and O–H groups in total. The number of unbranched alkanes of at least 4 members (excludes halogenated alkanes) is 3. The number of fused-ring (bicyclic) bond motifs is 1. The summed E-state index contributed by atoms with van der Waals surface area (Å²) in [4.78, 5) is 4.68. The lowest BCUT2D eigenvalue weighted by molar-refractivity contribution is 0.504. The Morgan fingerprint density at radius 1 is 1.05 bits per heavy atom. The van der Waals surface area contributed by atoms with Crippen LogP contribution in [-0.4, -0.2) is 9.55 Å². The van der Waals surface area contributed by atoms with Crippen molar-refractivity contribution in [3.63, 3.8) is 0 Å². The van der Waals surface area contributed by atoms with E-state index in [1.165, 1.54) is 37.6 Å². The zero-order valence-corrected chi connectivity index (χ0v) is 14.2. The summed E-state index contributed by atoms with van der Waals surface area (Å²) in [6.07, 6.45) is 6.51. The zero-order chi connectivity index (χ0) is 15.2. The molecule has 116 valence electrons. The van der Waals surface area contributed by atoms with Gasteiger partial charge in [-0.25, -0.2) is 4.98 Å². The molecule has 2 rings (SSSR count). The summed E-state index contributed by atoms with van der Waals surface area (Å²) >= 11 is 6.29. The van der Waals surface area contributed by atoms with E-state index in [-0.39, 0.29) is 5.38 Å². The van der Waals surface area contributed by atoms with Gasteiger partial charge in [-0.15, -0.1) is 11.6 Å². The number of hydrogen-bond acceptors (Lipinski definition) is 1. The summed E-state index contributed by atoms with van der Waals surface area (Å²) < 4.78 is 2.30. The molecule has 0 aliphatic carbocycles. The van der Waals surface area contributed by atoms with E-state index in [2.05, 4.69) is 41.6 Å². The Hall–Kier alpha value is -1.02. The van der Waals surface area contributed by atoms with Crippen molar-refractivity contribution in [1.29, 1.82) is 0 Å². The number of halogens is 1. The minimum Gasteiger partial charge on any atom is -0.327 e. The van der Waals surface area contributed by atoms with Gasteiger partial charge in [-0.1, -0.05) is 51.7 Å². The van der Waals surface area contributed by atoms with Crippen molar-refractivity contribution in [3.8, 4) is 0 Å². The second kappa shape index (κ2) is 7.84. The molecular formula is C18H27ClN2. The monoisotopic (exact) mass is 306 g/mol. The highest BCUT2D eigenvalue weighted by atomic mass is 35.5. The molecule has 0 bridgehead atoms. The minimum absolute atomic E-state index is 0.0432. The van der Waals surface area contributed by atoms with Crippen molar-refractivity contribution >= 4 is 22.6 Å². The van der Waals surface area contributed by atoms with E-state index in [0.717, 1.165) is 23.8 Å². The van der Waals surface area contributed by atoms with Crippen LogP contribution >= 0.6 is 11.6 Å². The van der Waals surface area contributed by atoms with Gasteiger partial charge in [-0.3, -0.25) is 0 Å². The maximum atomic E-state index is 6.29. The van der Waals surface area contributed by atoms with Crippen molar-refractivity contribution in [2.45, 2.75) is 64.8 Å². The van der Waals surface area contributed by atoms with Crippen LogP contribution in [0.1, 0.15) is 64.1 Å². The summed E-state index contributed by atoms with van der Waals surface area (Å²) in [5, 5.41) is -0.0432. The van der Waals surface area contributed by atoms with E-state index in [0.29, 0.717) is 0 Å². The first kappa shape index (κ1) is 16.4. The molecule has 1 atom stereocenters. The van der Waals surface area contributed by atoms with Gasteiger partial charge in [0.25, 0.3) is 0 Å². The standard InChI is InChI=1S/C18H27ClN2/c1-14(2)10-6-4-5-9-13-21-17-12-8-7-11-16(17)20-18(21)15(3)19/h7-8,11-12,14-15H,4-6,9-10,13H2,1-3H3. The van der Waals surface area contributed by atoms with Gasteiger partial charge in [-0.2, -0.15) is 0 Å². The summed E-state index contributed by atoms with van der Waals surface area (Å²) in [6.45, 7) is 7.62. The van der Waals surface area contributed by atoms with Gasteiger partial charge < -0.3 is 4.57 Å². The highest BCUT2D eigenvalue weighted by molar-refractivity contribution is 6.20. The first-order valence-electron chi connectivity index (χ1n) is 8.19. The summed E-state index contributed by atoms with van der Waals surface area (Å²) in [7, 11) is 0. The number of benzene rings is 1. The maximum Gasteiger partial charge on any atom is 0.127 e. The van der Waals surface area contributed by atoms with Crippen molar-refractivity contribution < 1.29 is 0 Å². The predicted octanol–water partition coefficient (Wildman–Crippen LogP) is 5.94. The van der Waals surface area contributed by atoms with Gasteiger partial charge in [0.2, 0.25) is 0 Å². The fraction of sp³-hybridized carbons (Fsp3) is 0.611. The number of para-hydroxylation sites is 2. The van der Waals surface area contributed by atoms with E-state index in [4.69, 9.17) is 11.6 Å². The fourth-order valence-electron chi connectivity index (χ4n) is 2.81. The van der Waals surface area contributed by atoms with Gasteiger partial charge in [0.1, 0.15) is 5.82 Å². The molecule has 0 spiro atoms. The molecule has 1 heterocycles. The van der Waals surface area contributed by atoms with Gasteiger partial charge >= 0.3 is 0 Å². The Morgan fingerprint density at radius 3 is 2.48 bits per heavy atom. The molecule has 21 heavy (non-hydrogen) atoms. The third kappa shape index (κ3) is 4.47. The third-order valence-corrected chi connectivity index (χ3v) is 4.15. The van der Waals surface area contributed by atoms with Crippen LogP contribution in [0.25, 0.3) is 11.0 Å². The van der Waals surface area contributed by atoms with Crippen molar-refractivity contribution in [3.05, 3.63) is 30.1 Å². The first-order chi connectivity index (χ1) is 10.1. The van der Waals surface area contributed by atoms with Crippen LogP contribution < -0.4 is 0 Å². The predicted molar refractivity (Wildman–Crippen MR) is 91.9 cm³/mol. The fourth-order valence-corrected chi connectivity index (χ4v) is 2.98. The molecule has 0 aliphatic rings. The third-order valence-electron chi connectivity index (χ3n) is 3.95. The van der Waals surface area contributed by atoms with Crippen LogP contribution in [0.5, 0.6) is 0 Å². The zero-order valence-electron chi connectivity index (χ0n) is 13.5. The molecule has 0 fully saturated rings. The van der Waals surface area contributed by atoms with Gasteiger partial charge in [0.15, 0.2) is 0 Å². The second-order valence-corrected chi connectivity index (χ2v) is 6.98. The highest BCUT2D eigenvalue weighted by Gasteiger charge is 2.13. The lowest BCUT2D eigenvalue weighted by Crippen LogP contribution is -2.04. The molecule has 0 saturated carbocycles. The number of hydrogen-bond donors (Lipinski definition) is 0. The first-order valence-corrected chi connectivity index (χ1v) is 8.62. The Morgan fingerprint density at radius 2 is 1.76 bits per heavy atom. The average Bonchev–Trinajstić information content (AvgIpc) is 2.81. The Labute approximate surface area is 133 Å². The van der Waals surface area contributed by atoms with E-state index < -0.39 is 0 Å². The maximum absolute atomic E-state index is 6.29. The summed E-state index contributed by atoms with van der Waals surface area (Å²) in [5.74, 6) is 1.83. The van der Waals surface area contributed by atoms with E-state index in [9.17, 15) is 0 Å². The number of imidazole rings is 1. The molecule has 0 radical (unpaired) electrons. The molecule has 2 aromatic rings. The largest absolute Gasteiger partial charge is 0.327 e. The topological polar surface area (TPSA) is 17.8 Å². The number of rotatable bonds is 8. The highest BCUT2D eigenvalue weighted by Crippen LogP contribution is 2.25. The van der Waals surface area contributed by atoms with E-state index in [1.54, 1.807) is 0 Å². The smallest absolute Gasteiger partial charge is 0.127 e. The molecule has 3 heteroatoms. The molecule has 1 aromatic heterocycles. The van der Waals surface area contributed by atoms with E-state index in [1.807, 2.05) is 13.0 Å².